The number of sulfonamides is 1. The maximum atomic E-state index is 12.1. The number of halogens is 1. The Balaban J connectivity index is 0.00000484. The average Bonchev–Trinajstić information content (AvgIpc) is 2.89. The second kappa shape index (κ2) is 11.2. The van der Waals surface area contributed by atoms with Crippen LogP contribution in [0.5, 0.6) is 0 Å². The molecule has 0 fully saturated rings. The third kappa shape index (κ3) is 7.36. The third-order valence-electron chi connectivity index (χ3n) is 3.36. The standard InChI is InChI=1S/C14H26N4O2S2.HI/c1-5-18(6-2)22(19,20)10-8-16-14(15-4)17-11-13-12(3)7-9-21-13;/h7,9H,5-6,8,10-11H2,1-4H3,(H2,15,16,17);1H. The smallest absolute Gasteiger partial charge is 0.215 e. The zero-order valence-corrected chi connectivity index (χ0v) is 18.1. The zero-order valence-electron chi connectivity index (χ0n) is 14.1. The van der Waals surface area contributed by atoms with Gasteiger partial charge < -0.3 is 10.6 Å². The summed E-state index contributed by atoms with van der Waals surface area (Å²) in [7, 11) is -1.53. The van der Waals surface area contributed by atoms with Crippen LogP contribution in [0.3, 0.4) is 0 Å². The van der Waals surface area contributed by atoms with Crippen LogP contribution < -0.4 is 10.6 Å². The molecule has 0 amide bonds. The van der Waals surface area contributed by atoms with Crippen LogP contribution in [0, 0.1) is 6.92 Å². The first-order valence-corrected chi connectivity index (χ1v) is 9.88. The molecule has 2 N–H and O–H groups in total. The van der Waals surface area contributed by atoms with Gasteiger partial charge in [0.25, 0.3) is 0 Å². The van der Waals surface area contributed by atoms with E-state index in [1.807, 2.05) is 13.8 Å². The zero-order chi connectivity index (χ0) is 16.6. The van der Waals surface area contributed by atoms with E-state index in [0.717, 1.165) is 0 Å². The Morgan fingerprint density at radius 2 is 1.96 bits per heavy atom. The monoisotopic (exact) mass is 474 g/mol. The molecule has 0 saturated carbocycles. The number of aliphatic imine (C=N–C) groups is 1. The summed E-state index contributed by atoms with van der Waals surface area (Å²) < 4.78 is 25.6. The van der Waals surface area contributed by atoms with E-state index in [0.29, 0.717) is 32.1 Å². The highest BCUT2D eigenvalue weighted by Gasteiger charge is 2.18. The van der Waals surface area contributed by atoms with Crippen molar-refractivity contribution in [3.63, 3.8) is 0 Å². The first-order chi connectivity index (χ1) is 10.4. The quantitative estimate of drug-likeness (QED) is 0.344. The van der Waals surface area contributed by atoms with Gasteiger partial charge in [0, 0.05) is 31.6 Å². The Labute approximate surface area is 160 Å². The molecule has 134 valence electrons. The van der Waals surface area contributed by atoms with Crippen LogP contribution in [0.1, 0.15) is 24.3 Å². The summed E-state index contributed by atoms with van der Waals surface area (Å²) in [5, 5.41) is 8.30. The van der Waals surface area contributed by atoms with Gasteiger partial charge >= 0.3 is 0 Å². The second-order valence-electron chi connectivity index (χ2n) is 4.78. The highest BCUT2D eigenvalue weighted by molar-refractivity contribution is 14.0. The van der Waals surface area contributed by atoms with Crippen molar-refractivity contribution >= 4 is 51.3 Å². The minimum Gasteiger partial charge on any atom is -0.355 e. The molecule has 0 radical (unpaired) electrons. The number of rotatable bonds is 8. The predicted octanol–water partition coefficient (Wildman–Crippen LogP) is 2.01. The molecule has 0 aromatic carbocycles. The highest BCUT2D eigenvalue weighted by atomic mass is 127. The van der Waals surface area contributed by atoms with E-state index in [2.05, 4.69) is 34.0 Å². The summed E-state index contributed by atoms with van der Waals surface area (Å²) in [4.78, 5) is 5.36. The summed E-state index contributed by atoms with van der Waals surface area (Å²) in [6.07, 6.45) is 0. The largest absolute Gasteiger partial charge is 0.355 e. The summed E-state index contributed by atoms with van der Waals surface area (Å²) >= 11 is 1.69. The van der Waals surface area contributed by atoms with Crippen molar-refractivity contribution in [2.75, 3.05) is 32.4 Å². The molecule has 9 heteroatoms. The van der Waals surface area contributed by atoms with Gasteiger partial charge in [0.05, 0.1) is 12.3 Å². The van der Waals surface area contributed by atoms with Gasteiger partial charge in [-0.05, 0) is 23.9 Å². The van der Waals surface area contributed by atoms with Gasteiger partial charge in [0.1, 0.15) is 0 Å². The highest BCUT2D eigenvalue weighted by Crippen LogP contribution is 2.14. The first kappa shape index (κ1) is 22.6. The van der Waals surface area contributed by atoms with Gasteiger partial charge in [-0.3, -0.25) is 4.99 Å². The number of hydrogen-bond donors (Lipinski definition) is 2. The minimum absolute atomic E-state index is 0. The van der Waals surface area contributed by atoms with Crippen LogP contribution >= 0.6 is 35.3 Å². The minimum atomic E-state index is -3.20. The molecular formula is C14H27IN4O2S2. The van der Waals surface area contributed by atoms with E-state index >= 15 is 0 Å². The summed E-state index contributed by atoms with van der Waals surface area (Å²) in [6.45, 7) is 7.79. The van der Waals surface area contributed by atoms with Gasteiger partial charge in [-0.25, -0.2) is 12.7 Å². The molecule has 23 heavy (non-hydrogen) atoms. The lowest BCUT2D eigenvalue weighted by atomic mass is 10.3. The molecule has 1 aromatic rings. The van der Waals surface area contributed by atoms with Crippen molar-refractivity contribution < 1.29 is 8.42 Å². The van der Waals surface area contributed by atoms with Crippen LogP contribution in [-0.2, 0) is 16.6 Å². The average molecular weight is 474 g/mol. The Hall–Kier alpha value is -0.390. The Morgan fingerprint density at radius 3 is 2.43 bits per heavy atom. The molecule has 0 saturated heterocycles. The van der Waals surface area contributed by atoms with Crippen molar-refractivity contribution in [2.45, 2.75) is 27.3 Å². The number of hydrogen-bond acceptors (Lipinski definition) is 4. The molecular weight excluding hydrogens is 447 g/mol. The summed E-state index contributed by atoms with van der Waals surface area (Å²) in [5.41, 5.74) is 1.25. The predicted molar refractivity (Wildman–Crippen MR) is 109 cm³/mol. The lowest BCUT2D eigenvalue weighted by Crippen LogP contribution is -2.41. The maximum Gasteiger partial charge on any atom is 0.215 e. The molecule has 0 aliphatic carbocycles. The van der Waals surface area contributed by atoms with Crippen LogP contribution in [0.2, 0.25) is 0 Å². The van der Waals surface area contributed by atoms with Crippen molar-refractivity contribution in [2.24, 2.45) is 4.99 Å². The molecule has 0 unspecified atom stereocenters. The second-order valence-corrected chi connectivity index (χ2v) is 7.87. The van der Waals surface area contributed by atoms with Crippen molar-refractivity contribution in [3.8, 4) is 0 Å². The van der Waals surface area contributed by atoms with Gasteiger partial charge in [-0.2, -0.15) is 0 Å². The number of thiophene rings is 1. The lowest BCUT2D eigenvalue weighted by Gasteiger charge is -2.19. The molecule has 0 atom stereocenters. The fraction of sp³-hybridized carbons (Fsp3) is 0.643. The molecule has 1 heterocycles. The summed E-state index contributed by atoms with van der Waals surface area (Å²) in [6, 6.07) is 2.08. The molecule has 0 spiro atoms. The number of aryl methyl sites for hydroxylation is 1. The van der Waals surface area contributed by atoms with E-state index in [4.69, 9.17) is 0 Å². The molecule has 6 nitrogen and oxygen atoms in total. The van der Waals surface area contributed by atoms with Crippen LogP contribution in [-0.4, -0.2) is 51.1 Å². The van der Waals surface area contributed by atoms with E-state index < -0.39 is 10.0 Å². The van der Waals surface area contributed by atoms with Crippen LogP contribution in [0.4, 0.5) is 0 Å². The molecule has 0 aliphatic heterocycles. The first-order valence-electron chi connectivity index (χ1n) is 7.39. The van der Waals surface area contributed by atoms with Gasteiger partial charge in [-0.15, -0.1) is 35.3 Å². The molecule has 0 bridgehead atoms. The Morgan fingerprint density at radius 1 is 1.30 bits per heavy atom. The normalized spacial score (nSPS) is 12.1. The maximum absolute atomic E-state index is 12.1. The third-order valence-corrected chi connectivity index (χ3v) is 6.41. The Kier molecular flexibility index (Phi) is 11.0. The van der Waals surface area contributed by atoms with E-state index in [9.17, 15) is 8.42 Å². The number of nitrogens with zero attached hydrogens (tertiary/aromatic N) is 2. The van der Waals surface area contributed by atoms with E-state index in [1.54, 1.807) is 18.4 Å². The van der Waals surface area contributed by atoms with Gasteiger partial charge in [0.2, 0.25) is 10.0 Å². The van der Waals surface area contributed by atoms with E-state index in [1.165, 1.54) is 14.7 Å². The van der Waals surface area contributed by atoms with Crippen LogP contribution in [0.25, 0.3) is 0 Å². The fourth-order valence-corrected chi connectivity index (χ4v) is 4.27. The van der Waals surface area contributed by atoms with Gasteiger partial charge in [-0.1, -0.05) is 13.8 Å². The molecule has 1 rings (SSSR count). The lowest BCUT2D eigenvalue weighted by molar-refractivity contribution is 0.445. The van der Waals surface area contributed by atoms with Crippen molar-refractivity contribution in [1.82, 2.24) is 14.9 Å². The SMILES string of the molecule is CCN(CC)S(=O)(=O)CCNC(=NC)NCc1sccc1C.I. The Bertz CT molecular complexity index is 583. The fourth-order valence-electron chi connectivity index (χ4n) is 2.01. The topological polar surface area (TPSA) is 73.8 Å². The van der Waals surface area contributed by atoms with Crippen LogP contribution in [0.15, 0.2) is 16.4 Å². The molecule has 0 aliphatic rings. The summed E-state index contributed by atoms with van der Waals surface area (Å²) in [5.74, 6) is 0.676. The van der Waals surface area contributed by atoms with Gasteiger partial charge in [0.15, 0.2) is 5.96 Å². The molecule has 1 aromatic heterocycles. The van der Waals surface area contributed by atoms with Crippen molar-refractivity contribution in [3.05, 3.63) is 21.9 Å². The van der Waals surface area contributed by atoms with E-state index in [-0.39, 0.29) is 29.7 Å². The number of guanidine groups is 1. The number of nitrogens with one attached hydrogen (secondary N) is 2. The van der Waals surface area contributed by atoms with Crippen molar-refractivity contribution in [1.29, 1.82) is 0 Å².